The number of rotatable bonds is 11. The number of aliphatic hydroxyl groups is 2. The standard InChI is InChI=1S/C29H45NO2/c1-20(2)30(21(3)4)14-7-6-10-24-16-25-19-29(32)27(28(25)18-24)13-12-26(31)17-23-11-8-9-22(5)15-23/h8-9,11-13,15-16,20-21,25-29,31-32H,6-7,10,14,17-19H2,1-5H3/b13-12+/t25-,26-,27+,28-,29+/m0/s1. The van der Waals surface area contributed by atoms with Gasteiger partial charge < -0.3 is 10.2 Å². The predicted molar refractivity (Wildman–Crippen MR) is 135 cm³/mol. The highest BCUT2D eigenvalue weighted by Gasteiger charge is 2.43. The van der Waals surface area contributed by atoms with Crippen molar-refractivity contribution in [1.29, 1.82) is 0 Å². The van der Waals surface area contributed by atoms with Crippen molar-refractivity contribution in [2.45, 2.75) is 97.4 Å². The smallest absolute Gasteiger partial charge is 0.0761 e. The third-order valence-electron chi connectivity index (χ3n) is 7.52. The number of allylic oxidation sites excluding steroid dienone is 2. The van der Waals surface area contributed by atoms with E-state index in [1.165, 1.54) is 31.4 Å². The first-order valence-electron chi connectivity index (χ1n) is 12.8. The van der Waals surface area contributed by atoms with E-state index in [0.29, 0.717) is 30.3 Å². The lowest BCUT2D eigenvalue weighted by atomic mass is 9.88. The average Bonchev–Trinajstić information content (AvgIpc) is 3.22. The Morgan fingerprint density at radius 1 is 1.12 bits per heavy atom. The van der Waals surface area contributed by atoms with Gasteiger partial charge in [-0.05, 0) is 90.7 Å². The van der Waals surface area contributed by atoms with Crippen LogP contribution < -0.4 is 0 Å². The van der Waals surface area contributed by atoms with Crippen LogP contribution in [-0.2, 0) is 6.42 Å². The van der Waals surface area contributed by atoms with Gasteiger partial charge in [0.15, 0.2) is 0 Å². The minimum absolute atomic E-state index is 0.165. The summed E-state index contributed by atoms with van der Waals surface area (Å²) in [7, 11) is 0. The van der Waals surface area contributed by atoms with Crippen molar-refractivity contribution in [2.75, 3.05) is 6.54 Å². The Kier molecular flexibility index (Phi) is 9.16. The van der Waals surface area contributed by atoms with E-state index >= 15 is 0 Å². The fraction of sp³-hybridized carbons (Fsp3) is 0.655. The summed E-state index contributed by atoms with van der Waals surface area (Å²) in [6.07, 6.45) is 12.0. The molecule has 3 heteroatoms. The maximum atomic E-state index is 10.6. The van der Waals surface area contributed by atoms with Crippen LogP contribution in [0.25, 0.3) is 0 Å². The number of aryl methyl sites for hydroxylation is 1. The van der Waals surface area contributed by atoms with E-state index < -0.39 is 6.10 Å². The molecule has 1 aromatic rings. The monoisotopic (exact) mass is 439 g/mol. The summed E-state index contributed by atoms with van der Waals surface area (Å²) in [6.45, 7) is 12.4. The molecule has 0 saturated heterocycles. The number of hydrogen-bond acceptors (Lipinski definition) is 3. The van der Waals surface area contributed by atoms with Crippen LogP contribution in [0.3, 0.4) is 0 Å². The Hall–Kier alpha value is -1.42. The van der Waals surface area contributed by atoms with Crippen molar-refractivity contribution in [3.63, 3.8) is 0 Å². The van der Waals surface area contributed by atoms with E-state index in [0.717, 1.165) is 18.4 Å². The van der Waals surface area contributed by atoms with E-state index in [2.05, 4.69) is 69.9 Å². The second-order valence-corrected chi connectivity index (χ2v) is 10.8. The van der Waals surface area contributed by atoms with Crippen molar-refractivity contribution in [3.05, 3.63) is 59.2 Å². The van der Waals surface area contributed by atoms with Crippen molar-refractivity contribution in [2.24, 2.45) is 17.8 Å². The number of hydrogen-bond donors (Lipinski definition) is 2. The van der Waals surface area contributed by atoms with Crippen LogP contribution in [0.4, 0.5) is 0 Å². The van der Waals surface area contributed by atoms with E-state index in [1.54, 1.807) is 5.57 Å². The molecule has 5 atom stereocenters. The van der Waals surface area contributed by atoms with Crippen LogP contribution in [0.5, 0.6) is 0 Å². The fourth-order valence-corrected chi connectivity index (χ4v) is 5.95. The summed E-state index contributed by atoms with van der Waals surface area (Å²) in [5.41, 5.74) is 3.97. The molecule has 0 heterocycles. The maximum Gasteiger partial charge on any atom is 0.0761 e. The van der Waals surface area contributed by atoms with Gasteiger partial charge >= 0.3 is 0 Å². The Bertz CT molecular complexity index is 773. The van der Waals surface area contributed by atoms with E-state index in [-0.39, 0.29) is 12.0 Å². The Labute approximate surface area is 196 Å². The van der Waals surface area contributed by atoms with Crippen LogP contribution in [0.1, 0.15) is 70.9 Å². The molecule has 32 heavy (non-hydrogen) atoms. The predicted octanol–water partition coefficient (Wildman–Crippen LogP) is 5.69. The van der Waals surface area contributed by atoms with E-state index in [4.69, 9.17) is 0 Å². The van der Waals surface area contributed by atoms with Gasteiger partial charge in [-0.15, -0.1) is 0 Å². The zero-order valence-corrected chi connectivity index (χ0v) is 20.9. The van der Waals surface area contributed by atoms with Gasteiger partial charge in [0.2, 0.25) is 0 Å². The Morgan fingerprint density at radius 3 is 2.56 bits per heavy atom. The van der Waals surface area contributed by atoms with E-state index in [1.807, 2.05) is 12.1 Å². The largest absolute Gasteiger partial charge is 0.392 e. The molecule has 0 aromatic heterocycles. The Morgan fingerprint density at radius 2 is 1.88 bits per heavy atom. The van der Waals surface area contributed by atoms with Gasteiger partial charge in [-0.1, -0.05) is 53.6 Å². The molecule has 0 bridgehead atoms. The van der Waals surface area contributed by atoms with Crippen LogP contribution in [0, 0.1) is 24.7 Å². The lowest BCUT2D eigenvalue weighted by molar-refractivity contribution is 0.140. The molecule has 2 aliphatic carbocycles. The molecular formula is C29H45NO2. The SMILES string of the molecule is Cc1cccc(C[C@@H](O)/C=C/[C@@H]2[C@H]3CC(CCCCN(C(C)C)C(C)C)=C[C@H]3C[C@H]2O)c1. The van der Waals surface area contributed by atoms with Gasteiger partial charge in [0.05, 0.1) is 12.2 Å². The quantitative estimate of drug-likeness (QED) is 0.344. The molecule has 0 aliphatic heterocycles. The number of fused-ring (bicyclic) bond motifs is 1. The highest BCUT2D eigenvalue weighted by molar-refractivity contribution is 5.24. The van der Waals surface area contributed by atoms with Crippen LogP contribution in [0.15, 0.2) is 48.1 Å². The van der Waals surface area contributed by atoms with Crippen molar-refractivity contribution in [3.8, 4) is 0 Å². The van der Waals surface area contributed by atoms with Crippen LogP contribution >= 0.6 is 0 Å². The molecule has 2 N–H and O–H groups in total. The normalized spacial score (nSPS) is 26.5. The van der Waals surface area contributed by atoms with E-state index in [9.17, 15) is 10.2 Å². The summed E-state index contributed by atoms with van der Waals surface area (Å²) in [6, 6.07) is 9.54. The fourth-order valence-electron chi connectivity index (χ4n) is 5.95. The van der Waals surface area contributed by atoms with Crippen molar-refractivity contribution < 1.29 is 10.2 Å². The minimum atomic E-state index is -0.498. The summed E-state index contributed by atoms with van der Waals surface area (Å²) in [5.74, 6) is 1.18. The number of benzene rings is 1. The number of nitrogens with zero attached hydrogens (tertiary/aromatic N) is 1. The third-order valence-corrected chi connectivity index (χ3v) is 7.52. The summed E-state index contributed by atoms with van der Waals surface area (Å²) < 4.78 is 0. The van der Waals surface area contributed by atoms with Crippen LogP contribution in [-0.4, -0.2) is 45.9 Å². The van der Waals surface area contributed by atoms with Gasteiger partial charge in [-0.25, -0.2) is 0 Å². The van der Waals surface area contributed by atoms with Gasteiger partial charge in [0.1, 0.15) is 0 Å². The first-order chi connectivity index (χ1) is 15.2. The average molecular weight is 440 g/mol. The molecule has 0 radical (unpaired) electrons. The first kappa shape index (κ1) is 25.2. The second-order valence-electron chi connectivity index (χ2n) is 10.8. The highest BCUT2D eigenvalue weighted by atomic mass is 16.3. The molecule has 0 unspecified atom stereocenters. The van der Waals surface area contributed by atoms with Crippen molar-refractivity contribution >= 4 is 0 Å². The molecule has 1 fully saturated rings. The summed E-state index contributed by atoms with van der Waals surface area (Å²) in [4.78, 5) is 2.58. The summed E-state index contributed by atoms with van der Waals surface area (Å²) in [5, 5.41) is 21.1. The van der Waals surface area contributed by atoms with Gasteiger partial charge in [0, 0.05) is 24.4 Å². The van der Waals surface area contributed by atoms with Crippen LogP contribution in [0.2, 0.25) is 0 Å². The Balaban J connectivity index is 1.46. The zero-order valence-electron chi connectivity index (χ0n) is 20.9. The molecule has 178 valence electrons. The summed E-state index contributed by atoms with van der Waals surface area (Å²) >= 11 is 0. The molecule has 3 nitrogen and oxygen atoms in total. The van der Waals surface area contributed by atoms with Gasteiger partial charge in [0.25, 0.3) is 0 Å². The second kappa shape index (κ2) is 11.6. The van der Waals surface area contributed by atoms with Gasteiger partial charge in [-0.3, -0.25) is 4.90 Å². The molecule has 2 aliphatic rings. The zero-order chi connectivity index (χ0) is 23.3. The number of aliphatic hydroxyl groups excluding tert-OH is 2. The molecule has 3 rings (SSSR count). The highest BCUT2D eigenvalue weighted by Crippen LogP contribution is 2.48. The molecule has 1 saturated carbocycles. The molecule has 0 amide bonds. The lowest BCUT2D eigenvalue weighted by Crippen LogP contribution is -2.37. The molecule has 0 spiro atoms. The topological polar surface area (TPSA) is 43.7 Å². The third kappa shape index (κ3) is 6.79. The van der Waals surface area contributed by atoms with Gasteiger partial charge in [-0.2, -0.15) is 0 Å². The molecular weight excluding hydrogens is 394 g/mol. The lowest BCUT2D eigenvalue weighted by Gasteiger charge is -2.30. The van der Waals surface area contributed by atoms with Crippen molar-refractivity contribution in [1.82, 2.24) is 4.90 Å². The first-order valence-corrected chi connectivity index (χ1v) is 12.8. The number of unbranched alkanes of at least 4 members (excludes halogenated alkanes) is 1. The maximum absolute atomic E-state index is 10.6. The molecule has 1 aromatic carbocycles. The minimum Gasteiger partial charge on any atom is -0.392 e.